The number of aliphatic hydroxyl groups is 1. The van der Waals surface area contributed by atoms with E-state index in [1.165, 1.54) is 0 Å². The van der Waals surface area contributed by atoms with Crippen LogP contribution < -0.4 is 4.74 Å². The van der Waals surface area contributed by atoms with Gasteiger partial charge in [0.2, 0.25) is 5.88 Å². The van der Waals surface area contributed by atoms with E-state index >= 15 is 0 Å². The Hall–Kier alpha value is -2.38. The standard InChI is InChI=1S/C13H10N2O2/c14-8-10-6-7-13(15-12(10)9-16)17-11-4-2-1-3-5-11/h1-7,16H,9H2. The predicted octanol–water partition coefficient (Wildman–Crippen LogP) is 2.24. The van der Waals surface area contributed by atoms with Gasteiger partial charge in [0.1, 0.15) is 11.8 Å². The number of pyridine rings is 1. The van der Waals surface area contributed by atoms with Crippen LogP contribution in [0.1, 0.15) is 11.3 Å². The van der Waals surface area contributed by atoms with Crippen molar-refractivity contribution in [2.24, 2.45) is 0 Å². The summed E-state index contributed by atoms with van der Waals surface area (Å²) in [6.45, 7) is -0.283. The van der Waals surface area contributed by atoms with Gasteiger partial charge < -0.3 is 9.84 Å². The van der Waals surface area contributed by atoms with E-state index in [9.17, 15) is 0 Å². The molecule has 0 unspecified atom stereocenters. The third-order valence-electron chi connectivity index (χ3n) is 2.18. The number of benzene rings is 1. The molecule has 0 aliphatic heterocycles. The molecule has 0 aliphatic carbocycles. The normalized spacial score (nSPS) is 9.65. The highest BCUT2D eigenvalue weighted by molar-refractivity contribution is 5.36. The fourth-order valence-corrected chi connectivity index (χ4v) is 1.37. The van der Waals surface area contributed by atoms with Gasteiger partial charge in [-0.15, -0.1) is 0 Å². The van der Waals surface area contributed by atoms with Crippen LogP contribution in [0.15, 0.2) is 42.5 Å². The molecule has 4 heteroatoms. The average molecular weight is 226 g/mol. The fraction of sp³-hybridized carbons (Fsp3) is 0.0769. The van der Waals surface area contributed by atoms with Crippen LogP contribution >= 0.6 is 0 Å². The van der Waals surface area contributed by atoms with Crippen LogP contribution in [-0.2, 0) is 6.61 Å². The molecule has 0 atom stereocenters. The number of nitriles is 1. The maximum atomic E-state index is 9.07. The number of hydrogen-bond donors (Lipinski definition) is 1. The maximum absolute atomic E-state index is 9.07. The Labute approximate surface area is 98.7 Å². The van der Waals surface area contributed by atoms with Crippen molar-refractivity contribution in [1.29, 1.82) is 5.26 Å². The minimum atomic E-state index is -0.283. The Morgan fingerprint density at radius 1 is 1.18 bits per heavy atom. The highest BCUT2D eigenvalue weighted by Crippen LogP contribution is 2.20. The van der Waals surface area contributed by atoms with Gasteiger partial charge in [0.15, 0.2) is 0 Å². The monoisotopic (exact) mass is 226 g/mol. The second-order valence-corrected chi connectivity index (χ2v) is 3.33. The first kappa shape index (κ1) is 11.1. The predicted molar refractivity (Wildman–Crippen MR) is 61.4 cm³/mol. The van der Waals surface area contributed by atoms with Crippen molar-refractivity contribution in [2.45, 2.75) is 6.61 Å². The molecule has 0 saturated carbocycles. The van der Waals surface area contributed by atoms with Crippen LogP contribution in [0.5, 0.6) is 11.6 Å². The summed E-state index contributed by atoms with van der Waals surface area (Å²) in [7, 11) is 0. The summed E-state index contributed by atoms with van der Waals surface area (Å²) < 4.78 is 5.49. The Balaban J connectivity index is 2.26. The van der Waals surface area contributed by atoms with Crippen molar-refractivity contribution in [1.82, 2.24) is 4.98 Å². The van der Waals surface area contributed by atoms with Gasteiger partial charge >= 0.3 is 0 Å². The summed E-state index contributed by atoms with van der Waals surface area (Å²) in [4.78, 5) is 4.06. The molecule has 17 heavy (non-hydrogen) atoms. The molecule has 1 aromatic heterocycles. The van der Waals surface area contributed by atoms with E-state index in [-0.39, 0.29) is 6.61 Å². The average Bonchev–Trinajstić information content (AvgIpc) is 2.40. The Kier molecular flexibility index (Phi) is 3.34. The van der Waals surface area contributed by atoms with Gasteiger partial charge in [-0.05, 0) is 18.2 Å². The summed E-state index contributed by atoms with van der Waals surface area (Å²) >= 11 is 0. The first-order valence-electron chi connectivity index (χ1n) is 5.07. The minimum Gasteiger partial charge on any atom is -0.439 e. The molecule has 84 valence electrons. The van der Waals surface area contributed by atoms with E-state index in [4.69, 9.17) is 15.1 Å². The largest absolute Gasteiger partial charge is 0.439 e. The zero-order valence-electron chi connectivity index (χ0n) is 9.00. The fourth-order valence-electron chi connectivity index (χ4n) is 1.37. The van der Waals surface area contributed by atoms with Gasteiger partial charge in [-0.1, -0.05) is 18.2 Å². The zero-order chi connectivity index (χ0) is 12.1. The van der Waals surface area contributed by atoms with Crippen molar-refractivity contribution >= 4 is 0 Å². The van der Waals surface area contributed by atoms with Crippen molar-refractivity contribution in [2.75, 3.05) is 0 Å². The number of para-hydroxylation sites is 1. The smallest absolute Gasteiger partial charge is 0.219 e. The lowest BCUT2D eigenvalue weighted by molar-refractivity contribution is 0.275. The van der Waals surface area contributed by atoms with Crippen molar-refractivity contribution in [3.05, 3.63) is 53.7 Å². The van der Waals surface area contributed by atoms with Crippen LogP contribution in [0.4, 0.5) is 0 Å². The molecule has 1 heterocycles. The highest BCUT2D eigenvalue weighted by Gasteiger charge is 2.05. The van der Waals surface area contributed by atoms with E-state index in [1.54, 1.807) is 24.3 Å². The molecule has 0 radical (unpaired) electrons. The molecule has 1 aromatic carbocycles. The van der Waals surface area contributed by atoms with E-state index in [2.05, 4.69) is 4.98 Å². The maximum Gasteiger partial charge on any atom is 0.219 e. The highest BCUT2D eigenvalue weighted by atomic mass is 16.5. The molecule has 2 rings (SSSR count). The van der Waals surface area contributed by atoms with Gasteiger partial charge in [0.25, 0.3) is 0 Å². The Bertz CT molecular complexity index is 547. The van der Waals surface area contributed by atoms with Crippen LogP contribution in [0.25, 0.3) is 0 Å². The molecule has 2 aromatic rings. The molecule has 0 aliphatic rings. The van der Waals surface area contributed by atoms with Gasteiger partial charge in [-0.25, -0.2) is 4.98 Å². The number of aromatic nitrogens is 1. The lowest BCUT2D eigenvalue weighted by atomic mass is 10.2. The summed E-state index contributed by atoms with van der Waals surface area (Å²) in [6.07, 6.45) is 0. The molecule has 1 N–H and O–H groups in total. The first-order valence-corrected chi connectivity index (χ1v) is 5.07. The second kappa shape index (κ2) is 5.10. The lowest BCUT2D eigenvalue weighted by Crippen LogP contribution is -1.97. The first-order chi connectivity index (χ1) is 8.33. The lowest BCUT2D eigenvalue weighted by Gasteiger charge is -2.06. The molecule has 0 fully saturated rings. The number of nitrogens with zero attached hydrogens (tertiary/aromatic N) is 2. The summed E-state index contributed by atoms with van der Waals surface area (Å²) in [5, 5.41) is 17.9. The minimum absolute atomic E-state index is 0.283. The van der Waals surface area contributed by atoms with Crippen LogP contribution in [-0.4, -0.2) is 10.1 Å². The second-order valence-electron chi connectivity index (χ2n) is 3.33. The number of hydrogen-bond acceptors (Lipinski definition) is 4. The summed E-state index contributed by atoms with van der Waals surface area (Å²) in [5.74, 6) is 1.02. The SMILES string of the molecule is N#Cc1ccc(Oc2ccccc2)nc1CO. The molecule has 0 spiro atoms. The third kappa shape index (κ3) is 2.60. The van der Waals surface area contributed by atoms with Crippen molar-refractivity contribution < 1.29 is 9.84 Å². The van der Waals surface area contributed by atoms with E-state index in [0.717, 1.165) is 0 Å². The third-order valence-corrected chi connectivity index (χ3v) is 2.18. The Morgan fingerprint density at radius 3 is 2.59 bits per heavy atom. The van der Waals surface area contributed by atoms with E-state index in [0.29, 0.717) is 22.9 Å². The van der Waals surface area contributed by atoms with Crippen LogP contribution in [0.2, 0.25) is 0 Å². The van der Waals surface area contributed by atoms with Gasteiger partial charge in [-0.3, -0.25) is 0 Å². The number of rotatable bonds is 3. The van der Waals surface area contributed by atoms with E-state index < -0.39 is 0 Å². The number of aliphatic hydroxyl groups excluding tert-OH is 1. The van der Waals surface area contributed by atoms with Crippen molar-refractivity contribution in [3.8, 4) is 17.7 Å². The molecule has 4 nitrogen and oxygen atoms in total. The van der Waals surface area contributed by atoms with Gasteiger partial charge in [-0.2, -0.15) is 5.26 Å². The summed E-state index contributed by atoms with van der Waals surface area (Å²) in [6, 6.07) is 14.3. The quantitative estimate of drug-likeness (QED) is 0.871. The molecule has 0 amide bonds. The van der Waals surface area contributed by atoms with E-state index in [1.807, 2.05) is 24.3 Å². The van der Waals surface area contributed by atoms with Gasteiger partial charge in [0.05, 0.1) is 17.9 Å². The van der Waals surface area contributed by atoms with Crippen LogP contribution in [0, 0.1) is 11.3 Å². The molecular weight excluding hydrogens is 216 g/mol. The Morgan fingerprint density at radius 2 is 1.94 bits per heavy atom. The molecule has 0 bridgehead atoms. The van der Waals surface area contributed by atoms with Crippen LogP contribution in [0.3, 0.4) is 0 Å². The number of ether oxygens (including phenoxy) is 1. The molecular formula is C13H10N2O2. The topological polar surface area (TPSA) is 66.1 Å². The van der Waals surface area contributed by atoms with Crippen molar-refractivity contribution in [3.63, 3.8) is 0 Å². The van der Waals surface area contributed by atoms with Gasteiger partial charge in [0, 0.05) is 6.07 Å². The summed E-state index contributed by atoms with van der Waals surface area (Å²) in [5.41, 5.74) is 0.675. The zero-order valence-corrected chi connectivity index (χ0v) is 9.00. The molecule has 0 saturated heterocycles.